The Kier molecular flexibility index (Phi) is 5.15. The highest BCUT2D eigenvalue weighted by Gasteiger charge is 2.06. The molecular formula is C19H21N7S. The van der Waals surface area contributed by atoms with Gasteiger partial charge < -0.3 is 10.6 Å². The number of hydrogen-bond donors (Lipinski definition) is 2. The maximum absolute atomic E-state index is 4.58. The van der Waals surface area contributed by atoms with Crippen molar-refractivity contribution in [3.05, 3.63) is 77.3 Å². The highest BCUT2D eigenvalue weighted by Crippen LogP contribution is 2.12. The molecule has 138 valence electrons. The second-order valence-electron chi connectivity index (χ2n) is 6.08. The van der Waals surface area contributed by atoms with Crippen LogP contribution in [0.15, 0.2) is 65.5 Å². The van der Waals surface area contributed by atoms with Gasteiger partial charge in [-0.3, -0.25) is 14.1 Å². The van der Waals surface area contributed by atoms with Crippen LogP contribution in [-0.2, 0) is 19.6 Å². The van der Waals surface area contributed by atoms with Crippen LogP contribution in [-0.4, -0.2) is 32.2 Å². The van der Waals surface area contributed by atoms with E-state index < -0.39 is 0 Å². The topological polar surface area (TPSA) is 71.5 Å². The molecule has 7 nitrogen and oxygen atoms in total. The summed E-state index contributed by atoms with van der Waals surface area (Å²) in [6.07, 6.45) is 7.82. The Morgan fingerprint density at radius 1 is 1.11 bits per heavy atom. The Morgan fingerprint density at radius 3 is 2.74 bits per heavy atom. The first kappa shape index (κ1) is 17.3. The Bertz CT molecular complexity index is 1000. The number of nitrogens with zero attached hydrogens (tertiary/aromatic N) is 5. The van der Waals surface area contributed by atoms with Crippen molar-refractivity contribution in [1.82, 2.24) is 29.8 Å². The van der Waals surface area contributed by atoms with Crippen molar-refractivity contribution in [3.63, 3.8) is 0 Å². The summed E-state index contributed by atoms with van der Waals surface area (Å²) in [5.41, 5.74) is 3.45. The molecule has 0 saturated heterocycles. The summed E-state index contributed by atoms with van der Waals surface area (Å²) in [5.74, 6) is 0.750. The molecule has 4 aromatic rings. The van der Waals surface area contributed by atoms with Gasteiger partial charge >= 0.3 is 0 Å². The smallest absolute Gasteiger partial charge is 0.193 e. The molecule has 0 aliphatic heterocycles. The number of guanidine groups is 1. The lowest BCUT2D eigenvalue weighted by Crippen LogP contribution is -2.36. The molecule has 0 fully saturated rings. The second-order valence-corrected chi connectivity index (χ2v) is 6.95. The van der Waals surface area contributed by atoms with Crippen molar-refractivity contribution < 1.29 is 0 Å². The normalized spacial score (nSPS) is 11.8. The van der Waals surface area contributed by atoms with E-state index in [1.165, 1.54) is 11.1 Å². The number of fused-ring (bicyclic) bond motifs is 1. The molecule has 3 aromatic heterocycles. The molecule has 27 heavy (non-hydrogen) atoms. The SMILES string of the molecule is CN=C(NCc1cn2ccsc2n1)NCc1ccccc1Cn1cccn1. The molecule has 8 heteroatoms. The summed E-state index contributed by atoms with van der Waals surface area (Å²) < 4.78 is 3.96. The monoisotopic (exact) mass is 379 g/mol. The minimum absolute atomic E-state index is 0.628. The quantitative estimate of drug-likeness (QED) is 0.399. The maximum Gasteiger partial charge on any atom is 0.193 e. The van der Waals surface area contributed by atoms with Crippen molar-refractivity contribution >= 4 is 22.3 Å². The molecule has 0 amide bonds. The zero-order valence-corrected chi connectivity index (χ0v) is 15.9. The zero-order chi connectivity index (χ0) is 18.5. The lowest BCUT2D eigenvalue weighted by Gasteiger charge is -2.14. The van der Waals surface area contributed by atoms with E-state index >= 15 is 0 Å². The van der Waals surface area contributed by atoms with E-state index in [0.29, 0.717) is 13.1 Å². The minimum Gasteiger partial charge on any atom is -0.352 e. The van der Waals surface area contributed by atoms with Gasteiger partial charge in [-0.2, -0.15) is 5.10 Å². The number of aliphatic imine (C=N–C) groups is 1. The number of aromatic nitrogens is 4. The van der Waals surface area contributed by atoms with Gasteiger partial charge in [-0.25, -0.2) is 4.98 Å². The van der Waals surface area contributed by atoms with Crippen LogP contribution < -0.4 is 10.6 Å². The van der Waals surface area contributed by atoms with E-state index in [9.17, 15) is 0 Å². The fraction of sp³-hybridized carbons (Fsp3) is 0.211. The van der Waals surface area contributed by atoms with Crippen molar-refractivity contribution in [1.29, 1.82) is 0 Å². The van der Waals surface area contributed by atoms with Crippen molar-refractivity contribution in [3.8, 4) is 0 Å². The number of hydrogen-bond acceptors (Lipinski definition) is 4. The Labute approximate surface area is 161 Å². The van der Waals surface area contributed by atoms with Crippen LogP contribution in [0.2, 0.25) is 0 Å². The van der Waals surface area contributed by atoms with Crippen molar-refractivity contribution in [2.45, 2.75) is 19.6 Å². The van der Waals surface area contributed by atoms with Gasteiger partial charge in [-0.05, 0) is 17.2 Å². The molecule has 0 saturated carbocycles. The molecule has 0 atom stereocenters. The highest BCUT2D eigenvalue weighted by atomic mass is 32.1. The molecule has 1 aromatic carbocycles. The van der Waals surface area contributed by atoms with Gasteiger partial charge in [0.25, 0.3) is 0 Å². The fourth-order valence-electron chi connectivity index (χ4n) is 2.89. The number of imidazole rings is 1. The van der Waals surface area contributed by atoms with Crippen LogP contribution in [0.4, 0.5) is 0 Å². The molecule has 0 aliphatic carbocycles. The average Bonchev–Trinajstić information content (AvgIpc) is 3.41. The predicted octanol–water partition coefficient (Wildman–Crippen LogP) is 2.51. The van der Waals surface area contributed by atoms with Gasteiger partial charge in [0.2, 0.25) is 0 Å². The Balaban J connectivity index is 1.36. The summed E-state index contributed by atoms with van der Waals surface area (Å²) in [4.78, 5) is 9.89. The van der Waals surface area contributed by atoms with Crippen LogP contribution in [0.5, 0.6) is 0 Å². The zero-order valence-electron chi connectivity index (χ0n) is 15.0. The van der Waals surface area contributed by atoms with Crippen molar-refractivity contribution in [2.24, 2.45) is 4.99 Å². The van der Waals surface area contributed by atoms with Crippen molar-refractivity contribution in [2.75, 3.05) is 7.05 Å². The fourth-order valence-corrected chi connectivity index (χ4v) is 3.61. The largest absolute Gasteiger partial charge is 0.352 e. The van der Waals surface area contributed by atoms with E-state index in [2.05, 4.69) is 50.0 Å². The summed E-state index contributed by atoms with van der Waals surface area (Å²) in [6, 6.07) is 10.3. The molecule has 4 rings (SSSR count). The van der Waals surface area contributed by atoms with Gasteiger partial charge in [0.1, 0.15) is 0 Å². The molecule has 3 heterocycles. The summed E-state index contributed by atoms with van der Waals surface area (Å²) in [6.45, 7) is 2.07. The Hall–Kier alpha value is -3.13. The molecule has 2 N–H and O–H groups in total. The summed E-state index contributed by atoms with van der Waals surface area (Å²) in [5, 5.41) is 13.0. The van der Waals surface area contributed by atoms with Crippen LogP contribution in [0.1, 0.15) is 16.8 Å². The standard InChI is InChI=1S/C19H21N7S/c1-20-18(22-12-17-14-25-9-10-27-19(25)24-17)21-11-15-5-2-3-6-16(15)13-26-8-4-7-23-26/h2-10,14H,11-13H2,1H3,(H2,20,21,22). The molecule has 0 unspecified atom stereocenters. The molecule has 0 spiro atoms. The van der Waals surface area contributed by atoms with E-state index in [1.54, 1.807) is 24.6 Å². The first-order chi connectivity index (χ1) is 13.3. The van der Waals surface area contributed by atoms with E-state index in [1.807, 2.05) is 39.1 Å². The highest BCUT2D eigenvalue weighted by molar-refractivity contribution is 7.15. The third kappa shape index (κ3) is 4.17. The maximum atomic E-state index is 4.58. The lowest BCUT2D eigenvalue weighted by molar-refractivity contribution is 0.677. The van der Waals surface area contributed by atoms with E-state index in [4.69, 9.17) is 0 Å². The number of thiazole rings is 1. The lowest BCUT2D eigenvalue weighted by atomic mass is 10.1. The molecule has 0 aliphatic rings. The summed E-state index contributed by atoms with van der Waals surface area (Å²) in [7, 11) is 1.77. The molecule has 0 radical (unpaired) electrons. The average molecular weight is 379 g/mol. The van der Waals surface area contributed by atoms with Gasteiger partial charge in [-0.1, -0.05) is 24.3 Å². The Morgan fingerprint density at radius 2 is 1.96 bits per heavy atom. The first-order valence-electron chi connectivity index (χ1n) is 8.71. The van der Waals surface area contributed by atoms with Crippen LogP contribution in [0.25, 0.3) is 4.96 Å². The number of nitrogens with one attached hydrogen (secondary N) is 2. The third-order valence-electron chi connectivity index (χ3n) is 4.26. The number of rotatable bonds is 6. The van der Waals surface area contributed by atoms with Gasteiger partial charge in [0.15, 0.2) is 10.9 Å². The van der Waals surface area contributed by atoms with Gasteiger partial charge in [0.05, 0.1) is 18.8 Å². The third-order valence-corrected chi connectivity index (χ3v) is 5.03. The van der Waals surface area contributed by atoms with E-state index in [-0.39, 0.29) is 0 Å². The predicted molar refractivity (Wildman–Crippen MR) is 108 cm³/mol. The molecule has 0 bridgehead atoms. The molecular weight excluding hydrogens is 358 g/mol. The van der Waals surface area contributed by atoms with Crippen LogP contribution >= 0.6 is 11.3 Å². The minimum atomic E-state index is 0.628. The van der Waals surface area contributed by atoms with E-state index in [0.717, 1.165) is 23.2 Å². The summed E-state index contributed by atoms with van der Waals surface area (Å²) >= 11 is 1.63. The van der Waals surface area contributed by atoms with Gasteiger partial charge in [-0.15, -0.1) is 11.3 Å². The van der Waals surface area contributed by atoms with Crippen LogP contribution in [0, 0.1) is 0 Å². The van der Waals surface area contributed by atoms with Gasteiger partial charge in [0, 0.05) is 43.8 Å². The second kappa shape index (κ2) is 8.05. The first-order valence-corrected chi connectivity index (χ1v) is 9.59. The van der Waals surface area contributed by atoms with Crippen LogP contribution in [0.3, 0.4) is 0 Å². The number of benzene rings is 1.